The van der Waals surface area contributed by atoms with Gasteiger partial charge < -0.3 is 14.9 Å². The lowest BCUT2D eigenvalue weighted by molar-refractivity contribution is -0.144. The molecule has 106 valence electrons. The number of aromatic nitrogens is 2. The number of aliphatic carboxylic acids is 1. The second-order valence-corrected chi connectivity index (χ2v) is 5.08. The van der Waals surface area contributed by atoms with E-state index in [2.05, 4.69) is 15.5 Å². The Morgan fingerprint density at radius 1 is 1.47 bits per heavy atom. The van der Waals surface area contributed by atoms with Crippen LogP contribution in [0.25, 0.3) is 0 Å². The molecule has 0 radical (unpaired) electrons. The molecule has 1 aromatic heterocycles. The van der Waals surface area contributed by atoms with Gasteiger partial charge in [-0.2, -0.15) is 4.98 Å². The minimum atomic E-state index is -0.669. The molecule has 6 nitrogen and oxygen atoms in total. The highest BCUT2D eigenvalue weighted by Gasteiger charge is 2.30. The average Bonchev–Trinajstić information content (AvgIpc) is 2.87. The Bertz CT molecular complexity index is 419. The first-order valence-electron chi connectivity index (χ1n) is 6.95. The van der Waals surface area contributed by atoms with Gasteiger partial charge in [-0.05, 0) is 25.3 Å². The molecule has 1 aliphatic carbocycles. The molecule has 1 heterocycles. The van der Waals surface area contributed by atoms with Gasteiger partial charge in [-0.1, -0.05) is 24.9 Å². The molecule has 0 spiro atoms. The van der Waals surface area contributed by atoms with Crippen molar-refractivity contribution in [2.45, 2.75) is 45.6 Å². The normalized spacial score (nSPS) is 23.4. The van der Waals surface area contributed by atoms with E-state index in [4.69, 9.17) is 4.52 Å². The molecule has 0 amide bonds. The second-order valence-electron chi connectivity index (χ2n) is 5.08. The van der Waals surface area contributed by atoms with Crippen molar-refractivity contribution in [3.8, 4) is 0 Å². The Kier molecular flexibility index (Phi) is 4.90. The Morgan fingerprint density at radius 3 is 2.95 bits per heavy atom. The summed E-state index contributed by atoms with van der Waals surface area (Å²) in [5, 5.41) is 16.2. The first kappa shape index (κ1) is 14.0. The largest absolute Gasteiger partial charge is 0.481 e. The molecule has 2 unspecified atom stereocenters. The summed E-state index contributed by atoms with van der Waals surface area (Å²) in [6.45, 7) is 3.18. The van der Waals surface area contributed by atoms with Crippen LogP contribution in [0.2, 0.25) is 0 Å². The number of carboxylic acids is 1. The van der Waals surface area contributed by atoms with Crippen LogP contribution in [0.4, 0.5) is 0 Å². The zero-order valence-electron chi connectivity index (χ0n) is 11.3. The van der Waals surface area contributed by atoms with E-state index >= 15 is 0 Å². The first-order valence-corrected chi connectivity index (χ1v) is 6.95. The molecule has 2 N–H and O–H groups in total. The maximum Gasteiger partial charge on any atom is 0.306 e. The van der Waals surface area contributed by atoms with Crippen molar-refractivity contribution in [3.63, 3.8) is 0 Å². The maximum absolute atomic E-state index is 11.2. The Balaban J connectivity index is 1.79. The van der Waals surface area contributed by atoms with Crippen LogP contribution in [-0.4, -0.2) is 27.8 Å². The van der Waals surface area contributed by atoms with Crippen LogP contribution in [0.15, 0.2) is 4.52 Å². The Hall–Kier alpha value is -1.43. The fourth-order valence-electron chi connectivity index (χ4n) is 2.65. The number of aryl methyl sites for hydroxylation is 1. The van der Waals surface area contributed by atoms with Gasteiger partial charge in [0.2, 0.25) is 5.89 Å². The number of hydrogen-bond donors (Lipinski definition) is 2. The quantitative estimate of drug-likeness (QED) is 0.814. The molecule has 0 aliphatic heterocycles. The summed E-state index contributed by atoms with van der Waals surface area (Å²) >= 11 is 0. The van der Waals surface area contributed by atoms with E-state index in [0.717, 1.165) is 32.1 Å². The standard InChI is InChI=1S/C13H21N3O3/c1-2-11-15-12(19-16-11)8-14-7-9-5-3-4-6-10(9)13(17)18/h9-10,14H,2-8H2,1H3,(H,17,18). The monoisotopic (exact) mass is 267 g/mol. The summed E-state index contributed by atoms with van der Waals surface area (Å²) in [5.74, 6) is 0.602. The van der Waals surface area contributed by atoms with Crippen molar-refractivity contribution in [1.82, 2.24) is 15.5 Å². The molecular weight excluding hydrogens is 246 g/mol. The molecule has 0 bridgehead atoms. The van der Waals surface area contributed by atoms with Crippen molar-refractivity contribution < 1.29 is 14.4 Å². The Labute approximate surface area is 112 Å². The summed E-state index contributed by atoms with van der Waals surface area (Å²) in [6, 6.07) is 0. The lowest BCUT2D eigenvalue weighted by atomic mass is 9.79. The minimum absolute atomic E-state index is 0.208. The van der Waals surface area contributed by atoms with Gasteiger partial charge >= 0.3 is 5.97 Å². The van der Waals surface area contributed by atoms with Gasteiger partial charge in [0, 0.05) is 6.42 Å². The molecule has 0 aromatic carbocycles. The van der Waals surface area contributed by atoms with Crippen LogP contribution < -0.4 is 5.32 Å². The summed E-state index contributed by atoms with van der Waals surface area (Å²) in [5.41, 5.74) is 0. The summed E-state index contributed by atoms with van der Waals surface area (Å²) < 4.78 is 5.08. The lowest BCUT2D eigenvalue weighted by Gasteiger charge is -2.28. The molecule has 0 saturated heterocycles. The minimum Gasteiger partial charge on any atom is -0.481 e. The SMILES string of the molecule is CCc1noc(CNCC2CCCCC2C(=O)O)n1. The van der Waals surface area contributed by atoms with Crippen LogP contribution in [0.1, 0.15) is 44.3 Å². The second kappa shape index (κ2) is 6.65. The molecule has 2 atom stereocenters. The summed E-state index contributed by atoms with van der Waals surface area (Å²) in [6.07, 6.45) is 4.68. The van der Waals surface area contributed by atoms with Crippen LogP contribution in [0.3, 0.4) is 0 Å². The topological polar surface area (TPSA) is 88.2 Å². The molecule has 1 aliphatic rings. The predicted octanol–water partition coefficient (Wildman–Crippen LogP) is 1.61. The molecule has 6 heteroatoms. The van der Waals surface area contributed by atoms with Gasteiger partial charge in [0.05, 0.1) is 12.5 Å². The van der Waals surface area contributed by atoms with Crippen LogP contribution in [0.5, 0.6) is 0 Å². The van der Waals surface area contributed by atoms with Gasteiger partial charge in [-0.25, -0.2) is 0 Å². The van der Waals surface area contributed by atoms with Crippen LogP contribution >= 0.6 is 0 Å². The lowest BCUT2D eigenvalue weighted by Crippen LogP contribution is -2.34. The maximum atomic E-state index is 11.2. The molecule has 1 aromatic rings. The van der Waals surface area contributed by atoms with E-state index in [9.17, 15) is 9.90 Å². The van der Waals surface area contributed by atoms with E-state index in [-0.39, 0.29) is 11.8 Å². The number of carboxylic acid groups (broad SMARTS) is 1. The number of nitrogens with one attached hydrogen (secondary N) is 1. The van der Waals surface area contributed by atoms with Crippen molar-refractivity contribution >= 4 is 5.97 Å². The molecule has 19 heavy (non-hydrogen) atoms. The number of carbonyl (C=O) groups is 1. The zero-order valence-corrected chi connectivity index (χ0v) is 11.3. The van der Waals surface area contributed by atoms with E-state index in [1.54, 1.807) is 0 Å². The van der Waals surface area contributed by atoms with Gasteiger partial charge in [0.25, 0.3) is 0 Å². The third-order valence-corrected chi connectivity index (χ3v) is 3.74. The van der Waals surface area contributed by atoms with Crippen molar-refractivity contribution in [1.29, 1.82) is 0 Å². The van der Waals surface area contributed by atoms with Gasteiger partial charge in [0.15, 0.2) is 5.82 Å². The third-order valence-electron chi connectivity index (χ3n) is 3.74. The highest BCUT2D eigenvalue weighted by molar-refractivity contribution is 5.70. The summed E-state index contributed by atoms with van der Waals surface area (Å²) in [7, 11) is 0. The van der Waals surface area contributed by atoms with Crippen LogP contribution in [0, 0.1) is 11.8 Å². The average molecular weight is 267 g/mol. The van der Waals surface area contributed by atoms with Crippen LogP contribution in [-0.2, 0) is 17.8 Å². The van der Waals surface area contributed by atoms with E-state index in [1.165, 1.54) is 0 Å². The zero-order chi connectivity index (χ0) is 13.7. The highest BCUT2D eigenvalue weighted by Crippen LogP contribution is 2.29. The molecule has 1 fully saturated rings. The summed E-state index contributed by atoms with van der Waals surface area (Å²) in [4.78, 5) is 15.4. The third kappa shape index (κ3) is 3.76. The fraction of sp³-hybridized carbons (Fsp3) is 0.769. The molecular formula is C13H21N3O3. The molecule has 2 rings (SSSR count). The predicted molar refractivity (Wildman–Crippen MR) is 68.5 cm³/mol. The van der Waals surface area contributed by atoms with Gasteiger partial charge in [-0.15, -0.1) is 0 Å². The number of nitrogens with zero attached hydrogens (tertiary/aromatic N) is 2. The van der Waals surface area contributed by atoms with Gasteiger partial charge in [-0.3, -0.25) is 4.79 Å². The molecule has 1 saturated carbocycles. The van der Waals surface area contributed by atoms with E-state index < -0.39 is 5.97 Å². The van der Waals surface area contributed by atoms with E-state index in [1.807, 2.05) is 6.92 Å². The van der Waals surface area contributed by atoms with Crippen molar-refractivity contribution in [2.24, 2.45) is 11.8 Å². The Morgan fingerprint density at radius 2 is 2.26 bits per heavy atom. The van der Waals surface area contributed by atoms with E-state index in [0.29, 0.717) is 24.8 Å². The number of rotatable bonds is 6. The highest BCUT2D eigenvalue weighted by atomic mass is 16.5. The first-order chi connectivity index (χ1) is 9.20. The number of hydrogen-bond acceptors (Lipinski definition) is 5. The van der Waals surface area contributed by atoms with Gasteiger partial charge in [0.1, 0.15) is 0 Å². The smallest absolute Gasteiger partial charge is 0.306 e. The van der Waals surface area contributed by atoms with Crippen molar-refractivity contribution in [2.75, 3.05) is 6.54 Å². The fourth-order valence-corrected chi connectivity index (χ4v) is 2.65. The van der Waals surface area contributed by atoms with Crippen molar-refractivity contribution in [3.05, 3.63) is 11.7 Å².